The van der Waals surface area contributed by atoms with E-state index in [4.69, 9.17) is 13.9 Å². The van der Waals surface area contributed by atoms with Gasteiger partial charge in [-0.15, -0.1) is 0 Å². The number of hydrogen-bond donors (Lipinski definition) is 0. The third-order valence-corrected chi connectivity index (χ3v) is 3.73. The lowest BCUT2D eigenvalue weighted by atomic mass is 10.2. The summed E-state index contributed by atoms with van der Waals surface area (Å²) in [6.45, 7) is 2.55. The normalized spacial score (nSPS) is 10.4. The summed E-state index contributed by atoms with van der Waals surface area (Å²) in [6, 6.07) is 9.34. The maximum atomic E-state index is 11.9. The van der Waals surface area contributed by atoms with E-state index in [0.717, 1.165) is 25.7 Å². The Morgan fingerprint density at radius 3 is 2.38 bits per heavy atom. The van der Waals surface area contributed by atoms with Crippen LogP contribution < -0.4 is 4.74 Å². The van der Waals surface area contributed by atoms with Crippen molar-refractivity contribution < 1.29 is 23.5 Å². The quantitative estimate of drug-likeness (QED) is 0.358. The third-order valence-electron chi connectivity index (χ3n) is 3.31. The molecule has 2 rings (SSSR count). The molecule has 0 aliphatic heterocycles. The summed E-state index contributed by atoms with van der Waals surface area (Å²) in [6.07, 6.45) is 4.21. The zero-order valence-corrected chi connectivity index (χ0v) is 15.0. The predicted octanol–water partition coefficient (Wildman–Crippen LogP) is 5.00. The van der Waals surface area contributed by atoms with E-state index < -0.39 is 5.97 Å². The number of esters is 2. The van der Waals surface area contributed by atoms with Gasteiger partial charge in [0, 0.05) is 0 Å². The van der Waals surface area contributed by atoms with E-state index in [1.165, 1.54) is 6.07 Å². The zero-order chi connectivity index (χ0) is 17.4. The van der Waals surface area contributed by atoms with Crippen LogP contribution in [0.15, 0.2) is 45.5 Å². The molecule has 0 unspecified atom stereocenters. The number of ether oxygens (including phenoxy) is 2. The molecule has 0 spiro atoms. The van der Waals surface area contributed by atoms with Crippen LogP contribution in [0, 0.1) is 0 Å². The minimum Gasteiger partial charge on any atom is -0.462 e. The lowest BCUT2D eigenvalue weighted by Crippen LogP contribution is -2.08. The number of halogens is 1. The fourth-order valence-corrected chi connectivity index (χ4v) is 2.32. The highest BCUT2D eigenvalue weighted by atomic mass is 79.9. The molecule has 0 radical (unpaired) electrons. The Morgan fingerprint density at radius 1 is 1.00 bits per heavy atom. The van der Waals surface area contributed by atoms with Crippen molar-refractivity contribution in [1.29, 1.82) is 0 Å². The van der Waals surface area contributed by atoms with Crippen LogP contribution in [0.1, 0.15) is 53.5 Å². The summed E-state index contributed by atoms with van der Waals surface area (Å²) in [4.78, 5) is 23.7. The molecule has 0 atom stereocenters. The zero-order valence-electron chi connectivity index (χ0n) is 13.4. The lowest BCUT2D eigenvalue weighted by Gasteiger charge is -2.06. The number of carbonyl (C=O) groups is 2. The van der Waals surface area contributed by atoms with Crippen molar-refractivity contribution in [3.05, 3.63) is 52.4 Å². The van der Waals surface area contributed by atoms with Gasteiger partial charge in [-0.3, -0.25) is 0 Å². The van der Waals surface area contributed by atoms with Gasteiger partial charge in [0.25, 0.3) is 0 Å². The lowest BCUT2D eigenvalue weighted by molar-refractivity contribution is 0.0497. The fraction of sp³-hybridized carbons (Fsp3) is 0.333. The Morgan fingerprint density at radius 2 is 1.75 bits per heavy atom. The largest absolute Gasteiger partial charge is 0.462 e. The van der Waals surface area contributed by atoms with Crippen LogP contribution in [0.4, 0.5) is 0 Å². The number of benzene rings is 1. The molecule has 1 heterocycles. The molecular weight excluding hydrogens is 376 g/mol. The molecule has 2 aromatic rings. The van der Waals surface area contributed by atoms with Crippen molar-refractivity contribution in [3.63, 3.8) is 0 Å². The van der Waals surface area contributed by atoms with Crippen molar-refractivity contribution >= 4 is 27.9 Å². The summed E-state index contributed by atoms with van der Waals surface area (Å²) in [5.74, 6) is -0.559. The van der Waals surface area contributed by atoms with E-state index in [9.17, 15) is 9.59 Å². The molecule has 6 heteroatoms. The maximum Gasteiger partial charge on any atom is 0.379 e. The van der Waals surface area contributed by atoms with Gasteiger partial charge in [-0.2, -0.15) is 0 Å². The molecule has 0 aliphatic rings. The Labute approximate surface area is 149 Å². The average Bonchev–Trinajstić information content (AvgIpc) is 3.02. The van der Waals surface area contributed by atoms with Gasteiger partial charge in [-0.1, -0.05) is 26.2 Å². The smallest absolute Gasteiger partial charge is 0.379 e. The Hall–Kier alpha value is -2.08. The van der Waals surface area contributed by atoms with E-state index in [-0.39, 0.29) is 11.7 Å². The highest BCUT2D eigenvalue weighted by Crippen LogP contribution is 2.18. The van der Waals surface area contributed by atoms with Gasteiger partial charge < -0.3 is 13.9 Å². The Kier molecular flexibility index (Phi) is 7.06. The van der Waals surface area contributed by atoms with Crippen LogP contribution in [0.3, 0.4) is 0 Å². The highest BCUT2D eigenvalue weighted by Gasteiger charge is 2.14. The molecule has 1 aromatic carbocycles. The second-order valence-electron chi connectivity index (χ2n) is 5.21. The van der Waals surface area contributed by atoms with E-state index >= 15 is 0 Å². The molecule has 0 bridgehead atoms. The second kappa shape index (κ2) is 9.27. The fourth-order valence-electron chi connectivity index (χ4n) is 2.02. The Bertz CT molecular complexity index is 675. The topological polar surface area (TPSA) is 65.7 Å². The molecule has 0 saturated heterocycles. The van der Waals surface area contributed by atoms with E-state index in [2.05, 4.69) is 22.9 Å². The minimum atomic E-state index is -0.605. The first-order valence-electron chi connectivity index (χ1n) is 7.85. The van der Waals surface area contributed by atoms with E-state index in [1.807, 2.05) is 0 Å². The van der Waals surface area contributed by atoms with Crippen LogP contribution in [0.25, 0.3) is 0 Å². The summed E-state index contributed by atoms with van der Waals surface area (Å²) in [7, 11) is 0. The first-order valence-corrected chi connectivity index (χ1v) is 8.64. The van der Waals surface area contributed by atoms with Crippen molar-refractivity contribution in [1.82, 2.24) is 0 Å². The van der Waals surface area contributed by atoms with Gasteiger partial charge in [0.1, 0.15) is 5.75 Å². The molecule has 0 saturated carbocycles. The van der Waals surface area contributed by atoms with Gasteiger partial charge in [0.05, 0.1) is 12.2 Å². The first kappa shape index (κ1) is 18.3. The van der Waals surface area contributed by atoms with Crippen LogP contribution in [0.2, 0.25) is 0 Å². The Balaban J connectivity index is 1.83. The summed E-state index contributed by atoms with van der Waals surface area (Å²) < 4.78 is 15.9. The number of furan rings is 1. The first-order chi connectivity index (χ1) is 11.6. The molecule has 1 aromatic heterocycles. The number of rotatable bonds is 8. The molecule has 0 amide bonds. The standard InChI is InChI=1S/C18H19BrO5/c1-2-3-4-5-12-22-17(20)13-6-8-14(9-7-13)23-18(21)15-10-11-16(19)24-15/h6-11H,2-5,12H2,1H3. The van der Waals surface area contributed by atoms with Gasteiger partial charge in [-0.25, -0.2) is 9.59 Å². The molecular formula is C18H19BrO5. The van der Waals surface area contributed by atoms with Crippen molar-refractivity contribution in [2.24, 2.45) is 0 Å². The monoisotopic (exact) mass is 394 g/mol. The predicted molar refractivity (Wildman–Crippen MR) is 92.2 cm³/mol. The minimum absolute atomic E-state index is 0.0949. The number of hydrogen-bond acceptors (Lipinski definition) is 5. The molecule has 5 nitrogen and oxygen atoms in total. The van der Waals surface area contributed by atoms with Crippen LogP contribution >= 0.6 is 15.9 Å². The number of carbonyl (C=O) groups excluding carboxylic acids is 2. The van der Waals surface area contributed by atoms with Crippen molar-refractivity contribution in [2.45, 2.75) is 32.6 Å². The molecule has 0 N–H and O–H groups in total. The summed E-state index contributed by atoms with van der Waals surface area (Å²) >= 11 is 3.12. The van der Waals surface area contributed by atoms with Crippen LogP contribution in [-0.4, -0.2) is 18.5 Å². The average molecular weight is 395 g/mol. The third kappa shape index (κ3) is 5.53. The summed E-state index contributed by atoms with van der Waals surface area (Å²) in [5.41, 5.74) is 0.422. The van der Waals surface area contributed by atoms with Crippen LogP contribution in [0.5, 0.6) is 5.75 Å². The molecule has 0 aliphatic carbocycles. The van der Waals surface area contributed by atoms with Gasteiger partial charge in [0.15, 0.2) is 4.67 Å². The maximum absolute atomic E-state index is 11.9. The van der Waals surface area contributed by atoms with Gasteiger partial charge in [0.2, 0.25) is 5.76 Å². The van der Waals surface area contributed by atoms with Crippen molar-refractivity contribution in [2.75, 3.05) is 6.61 Å². The van der Waals surface area contributed by atoms with Gasteiger partial charge >= 0.3 is 11.9 Å². The van der Waals surface area contributed by atoms with Crippen LogP contribution in [-0.2, 0) is 4.74 Å². The highest BCUT2D eigenvalue weighted by molar-refractivity contribution is 9.10. The van der Waals surface area contributed by atoms with Crippen molar-refractivity contribution in [3.8, 4) is 5.75 Å². The molecule has 0 fully saturated rings. The molecule has 24 heavy (non-hydrogen) atoms. The van der Waals surface area contributed by atoms with Gasteiger partial charge in [-0.05, 0) is 58.7 Å². The summed E-state index contributed by atoms with van der Waals surface area (Å²) in [5, 5.41) is 0. The SMILES string of the molecule is CCCCCCOC(=O)c1ccc(OC(=O)c2ccc(Br)o2)cc1. The van der Waals surface area contributed by atoms with E-state index in [0.29, 0.717) is 22.6 Å². The second-order valence-corrected chi connectivity index (χ2v) is 6.00. The van der Waals surface area contributed by atoms with E-state index in [1.54, 1.807) is 30.3 Å². The number of unbranched alkanes of at least 4 members (excludes halogenated alkanes) is 3. The molecule has 128 valence electrons.